The second-order valence-electron chi connectivity index (χ2n) is 13.1. The number of hydrogen-bond acceptors (Lipinski definition) is 26. The fourth-order valence-corrected chi connectivity index (χ4v) is 7.51. The second kappa shape index (κ2) is 22.1. The lowest BCUT2D eigenvalue weighted by Crippen LogP contribution is -2.68. The lowest BCUT2D eigenvalue weighted by atomic mass is 9.96. The number of amides is 1. The van der Waals surface area contributed by atoms with Crippen LogP contribution in [0.2, 0.25) is 0 Å². The van der Waals surface area contributed by atoms with Gasteiger partial charge in [0.25, 0.3) is 0 Å². The summed E-state index contributed by atoms with van der Waals surface area (Å²) < 4.78 is 145. The van der Waals surface area contributed by atoms with Crippen LogP contribution >= 0.6 is 0 Å². The quantitative estimate of drug-likeness (QED) is 0.0354. The minimum Gasteiger partial charge on any atom is -0.479 e. The summed E-state index contributed by atoms with van der Waals surface area (Å²) in [5.41, 5.74) is 0. The van der Waals surface area contributed by atoms with Crippen molar-refractivity contribution in [2.75, 3.05) is 26.4 Å². The Labute approximate surface area is 348 Å². The minimum atomic E-state index is -5.68. The van der Waals surface area contributed by atoms with Crippen molar-refractivity contribution >= 4 is 48.9 Å². The maximum atomic E-state index is 12.5. The lowest BCUT2D eigenvalue weighted by Gasteiger charge is -2.47. The van der Waals surface area contributed by atoms with E-state index in [1.807, 2.05) is 0 Å². The van der Waals surface area contributed by atoms with Gasteiger partial charge in [0, 0.05) is 6.92 Å². The zero-order chi connectivity index (χ0) is 47.2. The maximum Gasteiger partial charge on any atom is 0.397 e. The fourth-order valence-electron chi connectivity index (χ4n) is 6.12. The molecule has 3 rings (SSSR count). The molecule has 362 valence electrons. The minimum absolute atomic E-state index is 0.800. The van der Waals surface area contributed by atoms with Crippen molar-refractivity contribution in [2.24, 2.45) is 0 Å². The molecule has 18 atom stereocenters. The van der Waals surface area contributed by atoms with Gasteiger partial charge in [-0.25, -0.2) is 18.0 Å². The van der Waals surface area contributed by atoms with Crippen molar-refractivity contribution in [2.45, 2.75) is 117 Å². The van der Waals surface area contributed by atoms with Crippen LogP contribution in [0.4, 0.5) is 0 Å². The van der Waals surface area contributed by atoms with Crippen LogP contribution in [0.3, 0.4) is 0 Å². The summed E-state index contributed by atoms with van der Waals surface area (Å²) in [6.07, 6.45) is -38.1. The largest absolute Gasteiger partial charge is 0.479 e. The summed E-state index contributed by atoms with van der Waals surface area (Å²) in [6, 6.07) is -4.23. The van der Waals surface area contributed by atoms with E-state index < -0.39 is 186 Å². The van der Waals surface area contributed by atoms with Gasteiger partial charge in [0.15, 0.2) is 43.5 Å². The first-order chi connectivity index (χ1) is 28.5. The molecule has 3 aliphatic heterocycles. The Morgan fingerprint density at radius 2 is 1.32 bits per heavy atom. The third-order valence-electron chi connectivity index (χ3n) is 8.72. The van der Waals surface area contributed by atoms with Gasteiger partial charge in [-0.05, 0) is 0 Å². The molecule has 3 saturated heterocycles. The summed E-state index contributed by atoms with van der Waals surface area (Å²) in [5.74, 6) is -4.97. The van der Waals surface area contributed by atoms with E-state index in [-0.39, 0.29) is 0 Å². The highest BCUT2D eigenvalue weighted by Gasteiger charge is 2.56. The predicted molar refractivity (Wildman–Crippen MR) is 182 cm³/mol. The van der Waals surface area contributed by atoms with E-state index >= 15 is 0 Å². The summed E-state index contributed by atoms with van der Waals surface area (Å²) in [4.78, 5) is 35.8. The lowest BCUT2D eigenvalue weighted by molar-refractivity contribution is -0.348. The van der Waals surface area contributed by atoms with E-state index in [4.69, 9.17) is 33.2 Å². The van der Waals surface area contributed by atoms with E-state index in [1.54, 1.807) is 0 Å². The number of ether oxygens (including phenoxy) is 7. The molecule has 1 unspecified atom stereocenters. The van der Waals surface area contributed by atoms with Crippen LogP contribution < -0.4 is 10.0 Å². The smallest absolute Gasteiger partial charge is 0.397 e. The third-order valence-corrected chi connectivity index (χ3v) is 10.2. The number of nitrogens with one attached hydrogen (secondary N) is 2. The van der Waals surface area contributed by atoms with Crippen LogP contribution in [-0.4, -0.2) is 245 Å². The van der Waals surface area contributed by atoms with Gasteiger partial charge in [0.2, 0.25) is 5.91 Å². The molecule has 3 fully saturated rings. The Bertz CT molecular complexity index is 1850. The highest BCUT2D eigenvalue weighted by Crippen LogP contribution is 2.33. The standard InChI is InChI=1S/C26H44N2O31S3/c1-6(32)27-11-13(33)17(7(2-29)52-24(11)41)55-10(4-31)56-19(22(37)38)8(3-30)53-25-12(28-60(42,43)44)14(34)18(9(54-25)5-51-61(45,46)47)57-26-21(59-62(48,49)50)16(36)15(35)20(58-26)23(39)40/h7-21,24-26,28-31,33-36,41H,2-5H2,1H3,(H,27,32)(H,37,38)(H,39,40)(H,42,43,44)(H,45,46,47)(H,48,49,50)/t7-,8+,9-,10-,11-,12-,13-,14-,15+,16+,17-,18-,19?,20-,21-,24+,25+,26-/m1/s1. The zero-order valence-electron chi connectivity index (χ0n) is 31.1. The molecule has 0 saturated carbocycles. The maximum absolute atomic E-state index is 12.5. The van der Waals surface area contributed by atoms with Gasteiger partial charge >= 0.3 is 43.0 Å². The molecule has 0 bridgehead atoms. The molecule has 0 aromatic carbocycles. The number of aliphatic carboxylic acids is 2. The monoisotopic (exact) mass is 976 g/mol. The Morgan fingerprint density at radius 1 is 0.710 bits per heavy atom. The summed E-state index contributed by atoms with van der Waals surface area (Å²) >= 11 is 0. The first-order valence-electron chi connectivity index (χ1n) is 17.1. The molecule has 33 nitrogen and oxygen atoms in total. The predicted octanol–water partition coefficient (Wildman–Crippen LogP) is -10.1. The average Bonchev–Trinajstić information content (AvgIpc) is 3.14. The van der Waals surface area contributed by atoms with E-state index in [0.29, 0.717) is 0 Å². The molecular formula is C26H44N2O31S3. The number of carboxylic acids is 2. The number of rotatable bonds is 22. The fraction of sp³-hybridized carbons (Fsp3) is 0.885. The van der Waals surface area contributed by atoms with Crippen molar-refractivity contribution < 1.29 is 146 Å². The molecule has 36 heteroatoms. The van der Waals surface area contributed by atoms with E-state index in [0.717, 1.165) is 6.92 Å². The summed E-state index contributed by atoms with van der Waals surface area (Å²) in [7, 11) is -16.8. The molecule has 0 spiro atoms. The SMILES string of the molecule is CC(=O)N[C@@H]1[C@@H](O)[C@H](O[C@@H](CO)OC(C(=O)O)[C@H](CO)O[C@H]2O[C@H](COS(=O)(=O)O)[C@@H](O[C@@H]3O[C@@H](C(=O)O)[C@@H](O)[C@H](O)[C@H]3OS(=O)(=O)O)[C@H](O)[C@H]2NS(=O)(=O)O)[C@@H](CO)O[C@@H]1O. The zero-order valence-corrected chi connectivity index (χ0v) is 33.6. The van der Waals surface area contributed by atoms with E-state index in [2.05, 4.69) is 13.7 Å². The Morgan fingerprint density at radius 3 is 1.81 bits per heavy atom. The van der Waals surface area contributed by atoms with Crippen molar-refractivity contribution in [3.05, 3.63) is 0 Å². The van der Waals surface area contributed by atoms with Crippen molar-refractivity contribution in [3.63, 3.8) is 0 Å². The molecule has 3 aliphatic rings. The van der Waals surface area contributed by atoms with Crippen LogP contribution in [0.1, 0.15) is 6.92 Å². The van der Waals surface area contributed by atoms with Gasteiger partial charge in [-0.3, -0.25) is 18.5 Å². The normalized spacial score (nSPS) is 36.3. The Hall–Kier alpha value is -2.58. The molecule has 0 radical (unpaired) electrons. The van der Waals surface area contributed by atoms with Crippen LogP contribution in [0.5, 0.6) is 0 Å². The van der Waals surface area contributed by atoms with E-state index in [9.17, 15) is 104 Å². The van der Waals surface area contributed by atoms with Crippen molar-refractivity contribution in [1.29, 1.82) is 0 Å². The average molecular weight is 977 g/mol. The number of aliphatic hydroxyl groups excluding tert-OH is 8. The van der Waals surface area contributed by atoms with Crippen LogP contribution in [0.15, 0.2) is 0 Å². The highest BCUT2D eigenvalue weighted by atomic mass is 32.3. The van der Waals surface area contributed by atoms with E-state index in [1.165, 1.54) is 4.72 Å². The molecule has 0 aromatic heterocycles. The number of hydrogen-bond donors (Lipinski definition) is 15. The topological polar surface area (TPSA) is 524 Å². The number of aliphatic hydroxyl groups is 8. The molecule has 62 heavy (non-hydrogen) atoms. The molecule has 15 N–H and O–H groups in total. The second-order valence-corrected chi connectivity index (χ2v) is 16.5. The van der Waals surface area contributed by atoms with Crippen LogP contribution in [-0.2, 0) is 87.0 Å². The third kappa shape index (κ3) is 14.7. The van der Waals surface area contributed by atoms with Gasteiger partial charge in [-0.1, -0.05) is 0 Å². The number of carbonyl (C=O) groups excluding carboxylic acids is 1. The Kier molecular flexibility index (Phi) is 19.1. The Balaban J connectivity index is 2.02. The molecule has 0 aliphatic carbocycles. The first-order valence-corrected chi connectivity index (χ1v) is 21.3. The first kappa shape index (κ1) is 53.8. The molecule has 0 aromatic rings. The van der Waals surface area contributed by atoms with Gasteiger partial charge in [0.1, 0.15) is 67.0 Å². The number of carbonyl (C=O) groups is 3. The van der Waals surface area contributed by atoms with Gasteiger partial charge in [0.05, 0.1) is 26.4 Å². The van der Waals surface area contributed by atoms with Gasteiger partial charge in [-0.15, -0.1) is 0 Å². The number of carboxylic acid groups (broad SMARTS) is 2. The molecule has 3 heterocycles. The van der Waals surface area contributed by atoms with Crippen LogP contribution in [0, 0.1) is 0 Å². The summed E-state index contributed by atoms with van der Waals surface area (Å²) in [5, 5.41) is 105. The van der Waals surface area contributed by atoms with Crippen molar-refractivity contribution in [3.8, 4) is 0 Å². The van der Waals surface area contributed by atoms with Crippen LogP contribution in [0.25, 0.3) is 0 Å². The van der Waals surface area contributed by atoms with Gasteiger partial charge < -0.3 is 89.5 Å². The molecular weight excluding hydrogens is 932 g/mol. The van der Waals surface area contributed by atoms with Gasteiger partial charge in [-0.2, -0.15) is 30.0 Å². The molecule has 1 amide bonds. The van der Waals surface area contributed by atoms with Crippen molar-refractivity contribution in [1.82, 2.24) is 10.0 Å². The highest BCUT2D eigenvalue weighted by molar-refractivity contribution is 7.83. The summed E-state index contributed by atoms with van der Waals surface area (Å²) in [6.45, 7) is -4.43.